The van der Waals surface area contributed by atoms with Gasteiger partial charge >= 0.3 is 0 Å². The van der Waals surface area contributed by atoms with E-state index in [2.05, 4.69) is 10.1 Å². The third kappa shape index (κ3) is 1.95. The lowest BCUT2D eigenvalue weighted by Crippen LogP contribution is -1.80. The lowest BCUT2D eigenvalue weighted by Gasteiger charge is -1.94. The van der Waals surface area contributed by atoms with Crippen molar-refractivity contribution >= 4 is 11.0 Å². The van der Waals surface area contributed by atoms with Gasteiger partial charge in [-0.05, 0) is 24.3 Å². The van der Waals surface area contributed by atoms with Gasteiger partial charge in [0.1, 0.15) is 17.6 Å². The van der Waals surface area contributed by atoms with Gasteiger partial charge < -0.3 is 14.0 Å². The first-order chi connectivity index (χ1) is 10.3. The number of hydrogen-bond donors (Lipinski definition) is 1. The first-order valence-electron chi connectivity index (χ1n) is 6.41. The second kappa shape index (κ2) is 4.49. The van der Waals surface area contributed by atoms with Gasteiger partial charge in [0.2, 0.25) is 5.82 Å². The van der Waals surface area contributed by atoms with Gasteiger partial charge in [-0.15, -0.1) is 0 Å². The summed E-state index contributed by atoms with van der Waals surface area (Å²) in [6.45, 7) is 0. The second-order valence-electron chi connectivity index (χ2n) is 4.62. The van der Waals surface area contributed by atoms with E-state index in [1.165, 1.54) is 0 Å². The molecule has 5 heteroatoms. The summed E-state index contributed by atoms with van der Waals surface area (Å²) < 4.78 is 10.7. The molecule has 0 atom stereocenters. The molecule has 0 aliphatic rings. The molecule has 4 aromatic rings. The molecular formula is C16H10N2O3. The van der Waals surface area contributed by atoms with Crippen molar-refractivity contribution in [2.24, 2.45) is 0 Å². The van der Waals surface area contributed by atoms with Crippen LogP contribution in [0, 0.1) is 0 Å². The Kier molecular flexibility index (Phi) is 2.50. The van der Waals surface area contributed by atoms with Gasteiger partial charge in [0.05, 0.1) is 5.56 Å². The third-order valence-corrected chi connectivity index (χ3v) is 3.24. The van der Waals surface area contributed by atoms with Crippen molar-refractivity contribution in [3.63, 3.8) is 0 Å². The molecule has 0 spiro atoms. The van der Waals surface area contributed by atoms with Crippen molar-refractivity contribution in [3.05, 3.63) is 54.8 Å². The summed E-state index contributed by atoms with van der Waals surface area (Å²) in [4.78, 5) is 4.37. The number of nitrogens with zero attached hydrogens (tertiary/aromatic N) is 2. The van der Waals surface area contributed by atoms with Crippen LogP contribution in [0.2, 0.25) is 0 Å². The van der Waals surface area contributed by atoms with Gasteiger partial charge in [-0.25, -0.2) is 0 Å². The SMILES string of the molecule is Oc1cccc(-c2nc(-c3coc4ccccc34)no2)c1. The maximum atomic E-state index is 9.50. The summed E-state index contributed by atoms with van der Waals surface area (Å²) in [6.07, 6.45) is 1.61. The number of rotatable bonds is 2. The van der Waals surface area contributed by atoms with Crippen molar-refractivity contribution in [2.75, 3.05) is 0 Å². The molecule has 0 saturated heterocycles. The highest BCUT2D eigenvalue weighted by Crippen LogP contribution is 2.30. The Morgan fingerprint density at radius 2 is 1.90 bits per heavy atom. The molecule has 0 aliphatic heterocycles. The van der Waals surface area contributed by atoms with Gasteiger partial charge in [0.25, 0.3) is 5.89 Å². The Morgan fingerprint density at radius 1 is 1.00 bits per heavy atom. The zero-order valence-electron chi connectivity index (χ0n) is 10.9. The zero-order valence-corrected chi connectivity index (χ0v) is 10.9. The van der Waals surface area contributed by atoms with Crippen LogP contribution in [0.25, 0.3) is 33.8 Å². The molecule has 0 amide bonds. The van der Waals surface area contributed by atoms with Gasteiger partial charge in [0.15, 0.2) is 0 Å². The van der Waals surface area contributed by atoms with Crippen LogP contribution in [0.1, 0.15) is 0 Å². The minimum absolute atomic E-state index is 0.154. The number of aromatic nitrogens is 2. The number of benzene rings is 2. The lowest BCUT2D eigenvalue weighted by molar-refractivity contribution is 0.431. The first kappa shape index (κ1) is 11.7. The van der Waals surface area contributed by atoms with E-state index in [-0.39, 0.29) is 5.75 Å². The zero-order chi connectivity index (χ0) is 14.2. The summed E-state index contributed by atoms with van der Waals surface area (Å²) in [5.41, 5.74) is 2.22. The average molecular weight is 278 g/mol. The fourth-order valence-corrected chi connectivity index (χ4v) is 2.24. The van der Waals surface area contributed by atoms with Crippen molar-refractivity contribution in [2.45, 2.75) is 0 Å². The molecule has 102 valence electrons. The van der Waals surface area contributed by atoms with Gasteiger partial charge in [-0.3, -0.25) is 0 Å². The predicted octanol–water partition coefficient (Wildman–Crippen LogP) is 3.86. The summed E-state index contributed by atoms with van der Waals surface area (Å²) >= 11 is 0. The Bertz CT molecular complexity index is 924. The Morgan fingerprint density at radius 3 is 2.81 bits per heavy atom. The largest absolute Gasteiger partial charge is 0.508 e. The predicted molar refractivity (Wildman–Crippen MR) is 76.6 cm³/mol. The smallest absolute Gasteiger partial charge is 0.258 e. The summed E-state index contributed by atoms with van der Waals surface area (Å²) in [5.74, 6) is 0.963. The number of phenolic OH excluding ortho intramolecular Hbond substituents is 1. The number of fused-ring (bicyclic) bond motifs is 1. The van der Waals surface area contributed by atoms with Crippen molar-refractivity contribution in [3.8, 4) is 28.6 Å². The quantitative estimate of drug-likeness (QED) is 0.602. The fraction of sp³-hybridized carbons (Fsp3) is 0. The first-order valence-corrected chi connectivity index (χ1v) is 6.41. The molecule has 4 rings (SSSR count). The van der Waals surface area contributed by atoms with Crippen molar-refractivity contribution in [1.82, 2.24) is 10.1 Å². The topological polar surface area (TPSA) is 72.3 Å². The molecular weight excluding hydrogens is 268 g/mol. The van der Waals surface area contributed by atoms with Gasteiger partial charge in [-0.1, -0.05) is 29.4 Å². The standard InChI is InChI=1S/C16H10N2O3/c19-11-5-3-4-10(8-11)16-17-15(18-21-16)13-9-20-14-7-2-1-6-12(13)14/h1-9,19H. The number of phenols is 1. The van der Waals surface area contributed by atoms with E-state index in [0.717, 1.165) is 16.5 Å². The average Bonchev–Trinajstić information content (AvgIpc) is 3.14. The normalized spacial score (nSPS) is 11.0. The van der Waals surface area contributed by atoms with Crippen molar-refractivity contribution in [1.29, 1.82) is 0 Å². The van der Waals surface area contributed by atoms with Crippen molar-refractivity contribution < 1.29 is 14.0 Å². The van der Waals surface area contributed by atoms with Crippen LogP contribution < -0.4 is 0 Å². The van der Waals surface area contributed by atoms with E-state index >= 15 is 0 Å². The van der Waals surface area contributed by atoms with Crippen LogP contribution >= 0.6 is 0 Å². The van der Waals surface area contributed by atoms with Crippen LogP contribution in [-0.2, 0) is 0 Å². The molecule has 21 heavy (non-hydrogen) atoms. The molecule has 0 aliphatic carbocycles. The van der Waals surface area contributed by atoms with Gasteiger partial charge in [0, 0.05) is 10.9 Å². The van der Waals surface area contributed by atoms with E-state index in [1.807, 2.05) is 24.3 Å². The number of para-hydroxylation sites is 1. The second-order valence-corrected chi connectivity index (χ2v) is 4.62. The summed E-state index contributed by atoms with van der Waals surface area (Å²) in [5, 5.41) is 14.4. The lowest BCUT2D eigenvalue weighted by atomic mass is 10.1. The Balaban J connectivity index is 1.81. The molecule has 0 radical (unpaired) electrons. The van der Waals surface area contributed by atoms with Crippen LogP contribution in [0.15, 0.2) is 63.7 Å². The van der Waals surface area contributed by atoms with Crippen LogP contribution in [0.3, 0.4) is 0 Å². The molecule has 2 aromatic heterocycles. The number of hydrogen-bond acceptors (Lipinski definition) is 5. The van der Waals surface area contributed by atoms with Gasteiger partial charge in [-0.2, -0.15) is 4.98 Å². The van der Waals surface area contributed by atoms with E-state index in [4.69, 9.17) is 8.94 Å². The van der Waals surface area contributed by atoms with E-state index in [9.17, 15) is 5.11 Å². The molecule has 2 heterocycles. The molecule has 0 saturated carbocycles. The summed E-state index contributed by atoms with van der Waals surface area (Å²) in [7, 11) is 0. The minimum Gasteiger partial charge on any atom is -0.508 e. The fourth-order valence-electron chi connectivity index (χ4n) is 2.24. The van der Waals surface area contributed by atoms with E-state index in [0.29, 0.717) is 17.3 Å². The van der Waals surface area contributed by atoms with Crippen LogP contribution in [0.4, 0.5) is 0 Å². The Labute approximate surface area is 119 Å². The number of furan rings is 1. The molecule has 0 fully saturated rings. The molecule has 0 bridgehead atoms. The molecule has 5 nitrogen and oxygen atoms in total. The van der Waals surface area contributed by atoms with E-state index in [1.54, 1.807) is 30.5 Å². The third-order valence-electron chi connectivity index (χ3n) is 3.24. The highest BCUT2D eigenvalue weighted by Gasteiger charge is 2.15. The maximum Gasteiger partial charge on any atom is 0.258 e. The van der Waals surface area contributed by atoms with Crippen LogP contribution in [-0.4, -0.2) is 15.2 Å². The molecule has 0 unspecified atom stereocenters. The number of aromatic hydroxyl groups is 1. The highest BCUT2D eigenvalue weighted by atomic mass is 16.5. The highest BCUT2D eigenvalue weighted by molar-refractivity contribution is 5.92. The minimum atomic E-state index is 0.154. The Hall–Kier alpha value is -3.08. The monoisotopic (exact) mass is 278 g/mol. The molecule has 1 N–H and O–H groups in total. The summed E-state index contributed by atoms with van der Waals surface area (Å²) in [6, 6.07) is 14.3. The maximum absolute atomic E-state index is 9.50. The van der Waals surface area contributed by atoms with Crippen LogP contribution in [0.5, 0.6) is 5.75 Å². The molecule has 2 aromatic carbocycles. The van der Waals surface area contributed by atoms with E-state index < -0.39 is 0 Å².